The van der Waals surface area contributed by atoms with Gasteiger partial charge in [0.15, 0.2) is 0 Å². The predicted molar refractivity (Wildman–Crippen MR) is 74.6 cm³/mol. The second-order valence-electron chi connectivity index (χ2n) is 4.63. The number of aliphatic carboxylic acids is 1. The molecule has 0 aliphatic heterocycles. The van der Waals surface area contributed by atoms with Gasteiger partial charge in [-0.3, -0.25) is 4.79 Å². The molecule has 1 aliphatic carbocycles. The fourth-order valence-electron chi connectivity index (χ4n) is 2.17. The van der Waals surface area contributed by atoms with Crippen LogP contribution >= 0.6 is 11.8 Å². The van der Waals surface area contributed by atoms with Gasteiger partial charge in [0.05, 0.1) is 6.61 Å². The van der Waals surface area contributed by atoms with E-state index in [0.717, 1.165) is 19.3 Å². The molecule has 0 radical (unpaired) electrons. The minimum absolute atomic E-state index is 0.156. The van der Waals surface area contributed by atoms with Gasteiger partial charge in [-0.25, -0.2) is 4.79 Å². The van der Waals surface area contributed by atoms with Crippen molar-refractivity contribution in [2.75, 3.05) is 33.1 Å². The van der Waals surface area contributed by atoms with Crippen molar-refractivity contribution < 1.29 is 19.4 Å². The van der Waals surface area contributed by atoms with Crippen LogP contribution in [0.5, 0.6) is 0 Å². The third kappa shape index (κ3) is 5.69. The van der Waals surface area contributed by atoms with Crippen molar-refractivity contribution in [2.24, 2.45) is 0 Å². The highest BCUT2D eigenvalue weighted by Crippen LogP contribution is 2.28. The Morgan fingerprint density at radius 2 is 2.21 bits per heavy atom. The molecular weight excluding hydrogens is 268 g/mol. The number of carbonyl (C=O) groups is 2. The number of hydrogen-bond acceptors (Lipinski definition) is 4. The summed E-state index contributed by atoms with van der Waals surface area (Å²) in [4.78, 5) is 24.0. The molecule has 2 unspecified atom stereocenters. The summed E-state index contributed by atoms with van der Waals surface area (Å²) in [7, 11) is 1.52. The van der Waals surface area contributed by atoms with E-state index in [0.29, 0.717) is 11.9 Å². The molecule has 0 aromatic carbocycles. The van der Waals surface area contributed by atoms with Crippen molar-refractivity contribution in [1.82, 2.24) is 10.2 Å². The average Bonchev–Trinajstić information content (AvgIpc) is 2.81. The zero-order valence-electron chi connectivity index (χ0n) is 11.4. The summed E-state index contributed by atoms with van der Waals surface area (Å²) >= 11 is 1.82. The molecule has 0 bridgehead atoms. The molecule has 0 saturated heterocycles. The largest absolute Gasteiger partial charge is 0.480 e. The van der Waals surface area contributed by atoms with E-state index in [-0.39, 0.29) is 25.2 Å². The van der Waals surface area contributed by atoms with E-state index in [1.54, 1.807) is 0 Å². The van der Waals surface area contributed by atoms with E-state index in [9.17, 15) is 9.59 Å². The highest BCUT2D eigenvalue weighted by atomic mass is 32.2. The molecular formula is C12H22N2O4S. The lowest BCUT2D eigenvalue weighted by molar-refractivity contribution is -0.137. The maximum atomic E-state index is 12.0. The molecule has 2 amide bonds. The number of nitrogens with one attached hydrogen (secondary N) is 1. The third-order valence-electron chi connectivity index (χ3n) is 3.22. The molecule has 19 heavy (non-hydrogen) atoms. The van der Waals surface area contributed by atoms with Crippen molar-refractivity contribution in [3.05, 3.63) is 0 Å². The first kappa shape index (κ1) is 16.1. The molecule has 1 fully saturated rings. The van der Waals surface area contributed by atoms with Gasteiger partial charge in [0.2, 0.25) is 0 Å². The van der Waals surface area contributed by atoms with Crippen LogP contribution in [0.1, 0.15) is 19.3 Å². The molecule has 0 aromatic heterocycles. The molecule has 7 heteroatoms. The zero-order chi connectivity index (χ0) is 14.3. The number of carbonyl (C=O) groups excluding carboxylic acids is 1. The Bertz CT molecular complexity index is 314. The van der Waals surface area contributed by atoms with Crippen LogP contribution in [-0.4, -0.2) is 66.4 Å². The van der Waals surface area contributed by atoms with Crippen LogP contribution in [0.2, 0.25) is 0 Å². The lowest BCUT2D eigenvalue weighted by Gasteiger charge is -2.23. The molecule has 1 aliphatic rings. The summed E-state index contributed by atoms with van der Waals surface area (Å²) in [6.45, 7) is 0.319. The van der Waals surface area contributed by atoms with E-state index in [1.807, 2.05) is 11.8 Å². The Morgan fingerprint density at radius 1 is 1.47 bits per heavy atom. The molecule has 110 valence electrons. The number of carboxylic acids is 1. The van der Waals surface area contributed by atoms with Crippen LogP contribution in [0.3, 0.4) is 0 Å². The molecule has 1 saturated carbocycles. The van der Waals surface area contributed by atoms with E-state index in [4.69, 9.17) is 9.84 Å². The average molecular weight is 290 g/mol. The van der Waals surface area contributed by atoms with Gasteiger partial charge in [0.25, 0.3) is 0 Å². The van der Waals surface area contributed by atoms with Crippen LogP contribution in [0.4, 0.5) is 4.79 Å². The van der Waals surface area contributed by atoms with Crippen LogP contribution in [0.25, 0.3) is 0 Å². The van der Waals surface area contributed by atoms with E-state index >= 15 is 0 Å². The quantitative estimate of drug-likeness (QED) is 0.731. The van der Waals surface area contributed by atoms with Gasteiger partial charge >= 0.3 is 12.0 Å². The normalized spacial score (nSPS) is 22.2. The summed E-state index contributed by atoms with van der Waals surface area (Å²) in [5, 5.41) is 12.3. The van der Waals surface area contributed by atoms with Crippen molar-refractivity contribution in [1.29, 1.82) is 0 Å². The number of hydrogen-bond donors (Lipinski definition) is 2. The van der Waals surface area contributed by atoms with Crippen molar-refractivity contribution >= 4 is 23.8 Å². The lowest BCUT2D eigenvalue weighted by Crippen LogP contribution is -2.47. The van der Waals surface area contributed by atoms with Crippen LogP contribution < -0.4 is 5.32 Å². The number of amides is 2. The fourth-order valence-corrected chi connectivity index (χ4v) is 2.96. The Balaban J connectivity index is 2.44. The minimum Gasteiger partial charge on any atom is -0.480 e. The van der Waals surface area contributed by atoms with E-state index < -0.39 is 5.97 Å². The number of rotatable bonds is 7. The topological polar surface area (TPSA) is 78.9 Å². The number of methoxy groups -OCH3 is 1. The number of ether oxygens (including phenoxy) is 1. The first-order valence-corrected chi connectivity index (χ1v) is 7.64. The predicted octanol–water partition coefficient (Wildman–Crippen LogP) is 1.01. The SMILES string of the molecule is COCCN(CC(=O)O)C(=O)NC1CCC(SC)C1. The number of urea groups is 1. The number of carboxylic acid groups (broad SMARTS) is 1. The second kappa shape index (κ2) is 8.27. The number of nitrogens with zero attached hydrogens (tertiary/aromatic N) is 1. The van der Waals surface area contributed by atoms with Crippen LogP contribution in [0.15, 0.2) is 0 Å². The first-order chi connectivity index (χ1) is 9.06. The smallest absolute Gasteiger partial charge is 0.323 e. The van der Waals surface area contributed by atoms with Crippen molar-refractivity contribution in [3.63, 3.8) is 0 Å². The summed E-state index contributed by atoms with van der Waals surface area (Å²) in [6, 6.07) is -0.157. The van der Waals surface area contributed by atoms with E-state index in [1.165, 1.54) is 12.0 Å². The molecule has 0 heterocycles. The van der Waals surface area contributed by atoms with Gasteiger partial charge in [-0.1, -0.05) is 0 Å². The zero-order valence-corrected chi connectivity index (χ0v) is 12.2. The molecule has 2 N–H and O–H groups in total. The van der Waals surface area contributed by atoms with Gasteiger partial charge < -0.3 is 20.1 Å². The van der Waals surface area contributed by atoms with Crippen molar-refractivity contribution in [2.45, 2.75) is 30.6 Å². The molecule has 6 nitrogen and oxygen atoms in total. The maximum Gasteiger partial charge on any atom is 0.323 e. The standard InChI is InChI=1S/C12H22N2O4S/c1-18-6-5-14(8-11(15)16)12(17)13-9-3-4-10(7-9)19-2/h9-10H,3-8H2,1-2H3,(H,13,17)(H,15,16). The minimum atomic E-state index is -1.01. The van der Waals surface area contributed by atoms with E-state index in [2.05, 4.69) is 11.6 Å². The molecule has 0 aromatic rings. The summed E-state index contributed by atoms with van der Waals surface area (Å²) in [5.41, 5.74) is 0. The van der Waals surface area contributed by atoms with Gasteiger partial charge in [-0.05, 0) is 25.5 Å². The van der Waals surface area contributed by atoms with Gasteiger partial charge in [0.1, 0.15) is 6.54 Å². The second-order valence-corrected chi connectivity index (χ2v) is 5.76. The van der Waals surface area contributed by atoms with Gasteiger partial charge in [0, 0.05) is 24.9 Å². The first-order valence-electron chi connectivity index (χ1n) is 6.35. The molecule has 1 rings (SSSR count). The Kier molecular flexibility index (Phi) is 7.01. The van der Waals surface area contributed by atoms with Gasteiger partial charge in [-0.15, -0.1) is 0 Å². The molecule has 2 atom stereocenters. The Hall–Kier alpha value is -0.950. The third-order valence-corrected chi connectivity index (χ3v) is 4.32. The molecule has 0 spiro atoms. The fraction of sp³-hybridized carbons (Fsp3) is 0.833. The number of thioether (sulfide) groups is 1. The van der Waals surface area contributed by atoms with Crippen LogP contribution in [-0.2, 0) is 9.53 Å². The highest BCUT2D eigenvalue weighted by Gasteiger charge is 2.27. The van der Waals surface area contributed by atoms with Crippen LogP contribution in [0, 0.1) is 0 Å². The van der Waals surface area contributed by atoms with Crippen molar-refractivity contribution in [3.8, 4) is 0 Å². The summed E-state index contributed by atoms with van der Waals surface area (Å²) in [5.74, 6) is -1.01. The van der Waals surface area contributed by atoms with Gasteiger partial charge in [-0.2, -0.15) is 11.8 Å². The summed E-state index contributed by atoms with van der Waals surface area (Å²) in [6.07, 6.45) is 5.09. The maximum absolute atomic E-state index is 12.0. The summed E-state index contributed by atoms with van der Waals surface area (Å²) < 4.78 is 4.89. The monoisotopic (exact) mass is 290 g/mol. The Morgan fingerprint density at radius 3 is 2.74 bits per heavy atom. The highest BCUT2D eigenvalue weighted by molar-refractivity contribution is 7.99. The lowest BCUT2D eigenvalue weighted by atomic mass is 10.2. The Labute approximate surface area is 117 Å².